The number of rotatable bonds is 5. The summed E-state index contributed by atoms with van der Waals surface area (Å²) in [5, 5.41) is 0. The molecule has 1 saturated heterocycles. The molecule has 1 aromatic rings. The monoisotopic (exact) mass is 276 g/mol. The highest BCUT2D eigenvalue weighted by Gasteiger charge is 2.21. The number of ether oxygens (including phenoxy) is 1. The predicted octanol–water partition coefficient (Wildman–Crippen LogP) is 1.61. The third kappa shape index (κ3) is 4.32. The summed E-state index contributed by atoms with van der Waals surface area (Å²) >= 11 is 0. The maximum absolute atomic E-state index is 11.4. The predicted molar refractivity (Wildman–Crippen MR) is 79.3 cm³/mol. The molecule has 1 heterocycles. The average Bonchev–Trinajstić information content (AvgIpc) is 2.49. The highest BCUT2D eigenvalue weighted by atomic mass is 16.5. The summed E-state index contributed by atoms with van der Waals surface area (Å²) in [5.74, 6) is -0.155. The van der Waals surface area contributed by atoms with E-state index >= 15 is 0 Å². The van der Waals surface area contributed by atoms with Crippen molar-refractivity contribution in [1.82, 2.24) is 9.80 Å². The van der Waals surface area contributed by atoms with Crippen LogP contribution >= 0.6 is 0 Å². The first-order chi connectivity index (χ1) is 9.69. The number of benzene rings is 1. The number of piperazine rings is 1. The number of esters is 1. The van der Waals surface area contributed by atoms with Gasteiger partial charge in [0.05, 0.1) is 13.0 Å². The van der Waals surface area contributed by atoms with E-state index in [1.54, 1.807) is 0 Å². The summed E-state index contributed by atoms with van der Waals surface area (Å²) in [7, 11) is 1.45. The van der Waals surface area contributed by atoms with Crippen molar-refractivity contribution in [2.24, 2.45) is 5.92 Å². The first-order valence-electron chi connectivity index (χ1n) is 7.25. The van der Waals surface area contributed by atoms with E-state index in [-0.39, 0.29) is 11.9 Å². The molecule has 0 N–H and O–H groups in total. The van der Waals surface area contributed by atoms with E-state index in [1.807, 2.05) is 6.92 Å². The molecule has 1 unspecified atom stereocenters. The topological polar surface area (TPSA) is 32.8 Å². The normalized spacial score (nSPS) is 18.7. The van der Waals surface area contributed by atoms with Crippen LogP contribution in [0.1, 0.15) is 12.5 Å². The number of hydrogen-bond donors (Lipinski definition) is 0. The summed E-state index contributed by atoms with van der Waals surface area (Å²) in [4.78, 5) is 16.2. The van der Waals surface area contributed by atoms with E-state index < -0.39 is 0 Å². The van der Waals surface area contributed by atoms with Crippen LogP contribution in [0.3, 0.4) is 0 Å². The number of nitrogens with zero attached hydrogens (tertiary/aromatic N) is 2. The molecule has 0 radical (unpaired) electrons. The second kappa shape index (κ2) is 7.41. The first-order valence-corrected chi connectivity index (χ1v) is 7.25. The van der Waals surface area contributed by atoms with Gasteiger partial charge < -0.3 is 4.74 Å². The van der Waals surface area contributed by atoms with Crippen molar-refractivity contribution in [2.75, 3.05) is 39.8 Å². The lowest BCUT2D eigenvalue weighted by Crippen LogP contribution is -2.47. The van der Waals surface area contributed by atoms with Crippen LogP contribution in [0.5, 0.6) is 0 Å². The average molecular weight is 276 g/mol. The van der Waals surface area contributed by atoms with Gasteiger partial charge in [-0.3, -0.25) is 14.6 Å². The van der Waals surface area contributed by atoms with Crippen LogP contribution < -0.4 is 0 Å². The molecule has 4 heteroatoms. The molecule has 0 bridgehead atoms. The molecular weight excluding hydrogens is 252 g/mol. The number of carbonyl (C=O) groups is 1. The van der Waals surface area contributed by atoms with Crippen LogP contribution in [-0.4, -0.2) is 55.6 Å². The van der Waals surface area contributed by atoms with Gasteiger partial charge in [0.2, 0.25) is 0 Å². The van der Waals surface area contributed by atoms with Crippen molar-refractivity contribution in [1.29, 1.82) is 0 Å². The molecule has 1 atom stereocenters. The molecule has 0 aromatic heterocycles. The van der Waals surface area contributed by atoms with Crippen molar-refractivity contribution < 1.29 is 9.53 Å². The molecule has 1 aliphatic heterocycles. The first kappa shape index (κ1) is 15.0. The second-order valence-corrected chi connectivity index (χ2v) is 5.49. The molecule has 20 heavy (non-hydrogen) atoms. The lowest BCUT2D eigenvalue weighted by Gasteiger charge is -2.35. The summed E-state index contributed by atoms with van der Waals surface area (Å²) in [6.45, 7) is 7.91. The fourth-order valence-corrected chi connectivity index (χ4v) is 2.63. The Kier molecular flexibility index (Phi) is 5.56. The van der Waals surface area contributed by atoms with Crippen LogP contribution in [0.4, 0.5) is 0 Å². The lowest BCUT2D eigenvalue weighted by molar-refractivity contribution is -0.145. The van der Waals surface area contributed by atoms with Gasteiger partial charge in [0.15, 0.2) is 0 Å². The van der Waals surface area contributed by atoms with Crippen molar-refractivity contribution in [3.8, 4) is 0 Å². The van der Waals surface area contributed by atoms with Gasteiger partial charge in [-0.2, -0.15) is 0 Å². The molecule has 0 amide bonds. The Morgan fingerprint density at radius 2 is 1.75 bits per heavy atom. The van der Waals surface area contributed by atoms with Gasteiger partial charge in [-0.1, -0.05) is 37.3 Å². The molecule has 110 valence electrons. The van der Waals surface area contributed by atoms with Gasteiger partial charge in [0.1, 0.15) is 0 Å². The molecule has 1 aliphatic rings. The third-order valence-electron chi connectivity index (χ3n) is 3.85. The van der Waals surface area contributed by atoms with Crippen LogP contribution in [0.25, 0.3) is 0 Å². The highest BCUT2D eigenvalue weighted by molar-refractivity contribution is 5.72. The highest BCUT2D eigenvalue weighted by Crippen LogP contribution is 2.10. The van der Waals surface area contributed by atoms with Crippen molar-refractivity contribution in [3.05, 3.63) is 35.9 Å². The molecule has 0 aliphatic carbocycles. The van der Waals surface area contributed by atoms with E-state index in [4.69, 9.17) is 4.74 Å². The third-order valence-corrected chi connectivity index (χ3v) is 3.85. The summed E-state index contributed by atoms with van der Waals surface area (Å²) < 4.78 is 4.78. The molecule has 1 fully saturated rings. The van der Waals surface area contributed by atoms with Gasteiger partial charge in [-0.25, -0.2) is 0 Å². The van der Waals surface area contributed by atoms with E-state index in [0.29, 0.717) is 0 Å². The minimum Gasteiger partial charge on any atom is -0.469 e. The van der Waals surface area contributed by atoms with Crippen LogP contribution in [0.2, 0.25) is 0 Å². The van der Waals surface area contributed by atoms with Gasteiger partial charge in [0.25, 0.3) is 0 Å². The van der Waals surface area contributed by atoms with E-state index in [1.165, 1.54) is 12.7 Å². The molecule has 2 rings (SSSR count). The zero-order valence-corrected chi connectivity index (χ0v) is 12.4. The van der Waals surface area contributed by atoms with Gasteiger partial charge in [-0.05, 0) is 5.56 Å². The standard InChI is InChI=1S/C16H24N2O2/c1-14(16(19)20-2)12-17-8-10-18(11-9-17)13-15-6-4-3-5-7-15/h3-7,14H,8-13H2,1-2H3. The Labute approximate surface area is 121 Å². The molecule has 0 saturated carbocycles. The Balaban J connectivity index is 1.74. The number of carbonyl (C=O) groups excluding carboxylic acids is 1. The van der Waals surface area contributed by atoms with E-state index in [9.17, 15) is 4.79 Å². The lowest BCUT2D eigenvalue weighted by atomic mass is 10.1. The quantitative estimate of drug-likeness (QED) is 0.765. The minimum atomic E-state index is -0.114. The summed E-state index contributed by atoms with van der Waals surface area (Å²) in [5.41, 5.74) is 1.36. The largest absolute Gasteiger partial charge is 0.469 e. The minimum absolute atomic E-state index is 0.0410. The van der Waals surface area contributed by atoms with Crippen LogP contribution in [-0.2, 0) is 16.1 Å². The molecule has 4 nitrogen and oxygen atoms in total. The summed E-state index contributed by atoms with van der Waals surface area (Å²) in [6.07, 6.45) is 0. The second-order valence-electron chi connectivity index (χ2n) is 5.49. The fraction of sp³-hybridized carbons (Fsp3) is 0.562. The zero-order chi connectivity index (χ0) is 14.4. The molecular formula is C16H24N2O2. The van der Waals surface area contributed by atoms with Crippen molar-refractivity contribution >= 4 is 5.97 Å². The Hall–Kier alpha value is -1.39. The van der Waals surface area contributed by atoms with Gasteiger partial charge in [-0.15, -0.1) is 0 Å². The van der Waals surface area contributed by atoms with Crippen LogP contribution in [0, 0.1) is 5.92 Å². The smallest absolute Gasteiger partial charge is 0.309 e. The van der Waals surface area contributed by atoms with E-state index in [2.05, 4.69) is 40.1 Å². The van der Waals surface area contributed by atoms with Crippen molar-refractivity contribution in [2.45, 2.75) is 13.5 Å². The maximum atomic E-state index is 11.4. The molecule has 1 aromatic carbocycles. The van der Waals surface area contributed by atoms with Gasteiger partial charge >= 0.3 is 5.97 Å². The van der Waals surface area contributed by atoms with E-state index in [0.717, 1.165) is 39.3 Å². The number of methoxy groups -OCH3 is 1. The van der Waals surface area contributed by atoms with Gasteiger partial charge in [0, 0.05) is 39.3 Å². The maximum Gasteiger partial charge on any atom is 0.309 e. The number of hydrogen-bond acceptors (Lipinski definition) is 4. The Morgan fingerprint density at radius 3 is 2.35 bits per heavy atom. The SMILES string of the molecule is COC(=O)C(C)CN1CCN(Cc2ccccc2)CC1. The summed E-state index contributed by atoms with van der Waals surface area (Å²) in [6, 6.07) is 10.6. The molecule has 0 spiro atoms. The zero-order valence-electron chi connectivity index (χ0n) is 12.4. The fourth-order valence-electron chi connectivity index (χ4n) is 2.63. The van der Waals surface area contributed by atoms with Crippen molar-refractivity contribution in [3.63, 3.8) is 0 Å². The Morgan fingerprint density at radius 1 is 1.15 bits per heavy atom. The van der Waals surface area contributed by atoms with Crippen LogP contribution in [0.15, 0.2) is 30.3 Å². The Bertz CT molecular complexity index is 414.